The second-order valence-corrected chi connectivity index (χ2v) is 7.84. The van der Waals surface area contributed by atoms with Crippen LogP contribution in [0.15, 0.2) is 18.5 Å². The fourth-order valence-corrected chi connectivity index (χ4v) is 4.41. The van der Waals surface area contributed by atoms with Crippen molar-refractivity contribution in [2.45, 2.75) is 25.7 Å². The number of likely N-dealkylation sites (tertiary alicyclic amines) is 1. The van der Waals surface area contributed by atoms with Crippen molar-refractivity contribution in [1.82, 2.24) is 19.8 Å². The number of ether oxygens (including phenoxy) is 1. The standard InChI is InChI=1S/C20H25N5O5/c26-16(23-8-10-24(11-9-23)20-21-6-3-7-22-20)13-30-17(27)12-25-18(28)14-4-1-2-5-15(14)19(25)29/h3,6-7,14-15H,1-2,4-5,8-13H2/t14-,15-/m0/s1. The van der Waals surface area contributed by atoms with E-state index < -0.39 is 19.1 Å². The monoisotopic (exact) mass is 415 g/mol. The van der Waals surface area contributed by atoms with Crippen molar-refractivity contribution in [1.29, 1.82) is 0 Å². The molecule has 160 valence electrons. The van der Waals surface area contributed by atoms with E-state index in [0.717, 1.165) is 17.7 Å². The molecule has 3 amide bonds. The van der Waals surface area contributed by atoms with E-state index in [4.69, 9.17) is 4.74 Å². The molecule has 1 aliphatic carbocycles. The number of aromatic nitrogens is 2. The second-order valence-electron chi connectivity index (χ2n) is 7.84. The van der Waals surface area contributed by atoms with Crippen LogP contribution in [0.25, 0.3) is 0 Å². The average molecular weight is 415 g/mol. The zero-order chi connectivity index (χ0) is 21.1. The smallest absolute Gasteiger partial charge is 0.326 e. The summed E-state index contributed by atoms with van der Waals surface area (Å²) in [4.78, 5) is 62.4. The topological polar surface area (TPSA) is 113 Å². The highest BCUT2D eigenvalue weighted by atomic mass is 16.5. The van der Waals surface area contributed by atoms with Crippen molar-refractivity contribution in [3.63, 3.8) is 0 Å². The summed E-state index contributed by atoms with van der Waals surface area (Å²) in [6.07, 6.45) is 6.58. The molecule has 1 saturated carbocycles. The van der Waals surface area contributed by atoms with Gasteiger partial charge in [-0.25, -0.2) is 9.97 Å². The summed E-state index contributed by atoms with van der Waals surface area (Å²) in [5, 5.41) is 0. The Labute approximate surface area is 174 Å². The van der Waals surface area contributed by atoms with Crippen LogP contribution in [-0.2, 0) is 23.9 Å². The molecule has 30 heavy (non-hydrogen) atoms. The van der Waals surface area contributed by atoms with Gasteiger partial charge in [-0.05, 0) is 18.9 Å². The molecular weight excluding hydrogens is 390 g/mol. The number of carbonyl (C=O) groups is 4. The van der Waals surface area contributed by atoms with E-state index in [2.05, 4.69) is 9.97 Å². The first-order valence-corrected chi connectivity index (χ1v) is 10.3. The number of esters is 1. The van der Waals surface area contributed by atoms with Crippen molar-refractivity contribution < 1.29 is 23.9 Å². The number of hydrogen-bond donors (Lipinski definition) is 0. The third kappa shape index (κ3) is 4.12. The summed E-state index contributed by atoms with van der Waals surface area (Å²) in [5.74, 6) is -1.59. The molecule has 0 unspecified atom stereocenters. The van der Waals surface area contributed by atoms with E-state index in [0.29, 0.717) is 45.0 Å². The number of fused-ring (bicyclic) bond motifs is 1. The molecule has 3 fully saturated rings. The number of amides is 3. The van der Waals surface area contributed by atoms with Gasteiger partial charge in [-0.2, -0.15) is 0 Å². The molecule has 2 aliphatic heterocycles. The number of carbonyl (C=O) groups excluding carboxylic acids is 4. The van der Waals surface area contributed by atoms with Gasteiger partial charge in [-0.15, -0.1) is 0 Å². The van der Waals surface area contributed by atoms with E-state index in [1.807, 2.05) is 4.90 Å². The number of rotatable bonds is 5. The lowest BCUT2D eigenvalue weighted by atomic mass is 9.81. The van der Waals surface area contributed by atoms with Gasteiger partial charge in [0.05, 0.1) is 11.8 Å². The lowest BCUT2D eigenvalue weighted by Crippen LogP contribution is -2.50. The normalized spacial score (nSPS) is 24.1. The first-order valence-electron chi connectivity index (χ1n) is 10.3. The third-order valence-electron chi connectivity index (χ3n) is 6.04. The number of anilines is 1. The van der Waals surface area contributed by atoms with Crippen LogP contribution in [-0.4, -0.2) is 82.8 Å². The Morgan fingerprint density at radius 3 is 2.17 bits per heavy atom. The van der Waals surface area contributed by atoms with Crippen molar-refractivity contribution in [3.05, 3.63) is 18.5 Å². The van der Waals surface area contributed by atoms with E-state index in [-0.39, 0.29) is 29.6 Å². The Balaban J connectivity index is 1.22. The van der Waals surface area contributed by atoms with Crippen LogP contribution in [0.2, 0.25) is 0 Å². The molecule has 0 bridgehead atoms. The molecule has 10 nitrogen and oxygen atoms in total. The molecular formula is C20H25N5O5. The van der Waals surface area contributed by atoms with E-state index in [9.17, 15) is 19.2 Å². The van der Waals surface area contributed by atoms with Crippen LogP contribution in [0, 0.1) is 11.8 Å². The molecule has 3 heterocycles. The van der Waals surface area contributed by atoms with Crippen LogP contribution < -0.4 is 4.90 Å². The molecule has 2 saturated heterocycles. The third-order valence-corrected chi connectivity index (χ3v) is 6.04. The minimum Gasteiger partial charge on any atom is -0.454 e. The van der Waals surface area contributed by atoms with Crippen LogP contribution >= 0.6 is 0 Å². The Morgan fingerprint density at radius 2 is 1.57 bits per heavy atom. The molecule has 10 heteroatoms. The Hall–Kier alpha value is -3.04. The quantitative estimate of drug-likeness (QED) is 0.482. The molecule has 0 N–H and O–H groups in total. The van der Waals surface area contributed by atoms with Crippen molar-refractivity contribution in [2.24, 2.45) is 11.8 Å². The summed E-state index contributed by atoms with van der Waals surface area (Å²) >= 11 is 0. The summed E-state index contributed by atoms with van der Waals surface area (Å²) in [5.41, 5.74) is 0. The average Bonchev–Trinajstić information content (AvgIpc) is 3.03. The largest absolute Gasteiger partial charge is 0.454 e. The zero-order valence-electron chi connectivity index (χ0n) is 16.7. The zero-order valence-corrected chi connectivity index (χ0v) is 16.7. The van der Waals surface area contributed by atoms with Gasteiger partial charge in [0.25, 0.3) is 5.91 Å². The predicted octanol–water partition coefficient (Wildman–Crippen LogP) is -0.156. The van der Waals surface area contributed by atoms with E-state index in [1.54, 1.807) is 23.4 Å². The molecule has 1 aromatic rings. The predicted molar refractivity (Wildman–Crippen MR) is 104 cm³/mol. The maximum Gasteiger partial charge on any atom is 0.326 e. The fourth-order valence-electron chi connectivity index (χ4n) is 4.41. The highest BCUT2D eigenvalue weighted by molar-refractivity contribution is 6.07. The highest BCUT2D eigenvalue weighted by Crippen LogP contribution is 2.37. The maximum absolute atomic E-state index is 12.4. The lowest BCUT2D eigenvalue weighted by Gasteiger charge is -2.34. The van der Waals surface area contributed by atoms with Crippen LogP contribution in [0.5, 0.6) is 0 Å². The van der Waals surface area contributed by atoms with Crippen LogP contribution in [0.3, 0.4) is 0 Å². The summed E-state index contributed by atoms with van der Waals surface area (Å²) in [6.45, 7) is 1.30. The second kappa shape index (κ2) is 8.76. The number of hydrogen-bond acceptors (Lipinski definition) is 8. The minimum absolute atomic E-state index is 0.285. The molecule has 2 atom stereocenters. The molecule has 0 spiro atoms. The van der Waals surface area contributed by atoms with E-state index >= 15 is 0 Å². The van der Waals surface area contributed by atoms with Gasteiger partial charge in [0.1, 0.15) is 6.54 Å². The van der Waals surface area contributed by atoms with Crippen LogP contribution in [0.1, 0.15) is 25.7 Å². The van der Waals surface area contributed by atoms with Gasteiger partial charge in [0.2, 0.25) is 17.8 Å². The van der Waals surface area contributed by atoms with Gasteiger partial charge in [0.15, 0.2) is 6.61 Å². The SMILES string of the molecule is O=C(CN1C(=O)[C@H]2CCCC[C@@H]2C1=O)OCC(=O)N1CCN(c2ncccn2)CC1. The Bertz CT molecular complexity index is 800. The van der Waals surface area contributed by atoms with Gasteiger partial charge in [0, 0.05) is 38.6 Å². The Kier molecular flexibility index (Phi) is 5.91. The van der Waals surface area contributed by atoms with Gasteiger partial charge in [-0.3, -0.25) is 24.1 Å². The van der Waals surface area contributed by atoms with Gasteiger partial charge < -0.3 is 14.5 Å². The van der Waals surface area contributed by atoms with Crippen molar-refractivity contribution in [2.75, 3.05) is 44.2 Å². The summed E-state index contributed by atoms with van der Waals surface area (Å²) < 4.78 is 5.07. The molecule has 1 aromatic heterocycles. The maximum atomic E-state index is 12.4. The first kappa shape index (κ1) is 20.2. The van der Waals surface area contributed by atoms with Crippen LogP contribution in [0.4, 0.5) is 5.95 Å². The van der Waals surface area contributed by atoms with E-state index in [1.165, 1.54) is 0 Å². The number of nitrogens with zero attached hydrogens (tertiary/aromatic N) is 5. The van der Waals surface area contributed by atoms with Crippen molar-refractivity contribution in [3.8, 4) is 0 Å². The number of piperazine rings is 1. The fraction of sp³-hybridized carbons (Fsp3) is 0.600. The Morgan fingerprint density at radius 1 is 0.967 bits per heavy atom. The molecule has 0 aromatic carbocycles. The lowest BCUT2D eigenvalue weighted by molar-refractivity contribution is -0.156. The molecule has 3 aliphatic rings. The molecule has 0 radical (unpaired) electrons. The number of imide groups is 1. The van der Waals surface area contributed by atoms with Gasteiger partial charge in [-0.1, -0.05) is 12.8 Å². The van der Waals surface area contributed by atoms with Crippen molar-refractivity contribution >= 4 is 29.6 Å². The summed E-state index contributed by atoms with van der Waals surface area (Å²) in [7, 11) is 0. The van der Waals surface area contributed by atoms with Gasteiger partial charge >= 0.3 is 5.97 Å². The summed E-state index contributed by atoms with van der Waals surface area (Å²) in [6, 6.07) is 1.74. The molecule has 4 rings (SSSR count). The minimum atomic E-state index is -0.736. The highest BCUT2D eigenvalue weighted by Gasteiger charge is 2.48. The first-order chi connectivity index (χ1) is 14.5.